The Labute approximate surface area is 158 Å². The zero-order valence-corrected chi connectivity index (χ0v) is 16.3. The monoisotopic (exact) mass is 374 g/mol. The standard InChI is InChI=1S/C20H26N2O5/c1-7-20(3,4)19(27-8-2)12-11-15(25-5)16-13(21-23)9-10-14(22-24)17(16)18(12)26-6/h7,9-11,19,21,23H,1,8H2,2-6H3. The van der Waals surface area contributed by atoms with Crippen molar-refractivity contribution in [2.75, 3.05) is 26.3 Å². The normalized spacial score (nSPS) is 12.5. The highest BCUT2D eigenvalue weighted by molar-refractivity contribution is 6.08. The second-order valence-corrected chi connectivity index (χ2v) is 6.65. The quantitative estimate of drug-likeness (QED) is 0.349. The van der Waals surface area contributed by atoms with E-state index in [2.05, 4.69) is 17.2 Å². The highest BCUT2D eigenvalue weighted by Crippen LogP contribution is 2.50. The van der Waals surface area contributed by atoms with E-state index in [4.69, 9.17) is 14.2 Å². The number of fused-ring (bicyclic) bond motifs is 1. The molecule has 0 aliphatic rings. The summed E-state index contributed by atoms with van der Waals surface area (Å²) < 4.78 is 17.3. The lowest BCUT2D eigenvalue weighted by Gasteiger charge is -2.33. The van der Waals surface area contributed by atoms with Crippen LogP contribution in [-0.2, 0) is 4.74 Å². The summed E-state index contributed by atoms with van der Waals surface area (Å²) in [5, 5.41) is 13.6. The molecule has 27 heavy (non-hydrogen) atoms. The number of nitroso groups, excluding NO2 is 1. The van der Waals surface area contributed by atoms with Gasteiger partial charge in [-0.2, -0.15) is 0 Å². The van der Waals surface area contributed by atoms with Crippen LogP contribution in [-0.4, -0.2) is 26.0 Å². The van der Waals surface area contributed by atoms with Gasteiger partial charge in [0, 0.05) is 17.6 Å². The fraction of sp³-hybridized carbons (Fsp3) is 0.400. The van der Waals surface area contributed by atoms with Crippen LogP contribution in [0.4, 0.5) is 11.4 Å². The van der Waals surface area contributed by atoms with Crippen LogP contribution in [0.25, 0.3) is 10.8 Å². The first-order chi connectivity index (χ1) is 12.9. The average molecular weight is 374 g/mol. The topological polar surface area (TPSA) is 89.4 Å². The predicted molar refractivity (Wildman–Crippen MR) is 106 cm³/mol. The lowest BCUT2D eigenvalue weighted by Crippen LogP contribution is -2.23. The number of ether oxygens (including phenoxy) is 3. The summed E-state index contributed by atoms with van der Waals surface area (Å²) in [6.07, 6.45) is 1.41. The van der Waals surface area contributed by atoms with Crippen molar-refractivity contribution in [1.29, 1.82) is 0 Å². The fourth-order valence-electron chi connectivity index (χ4n) is 3.22. The number of benzene rings is 2. The molecule has 0 saturated heterocycles. The SMILES string of the molecule is C=CC(C)(C)C(OCC)c1cc(OC)c2c(NO)ccc(N=O)c2c1OC. The van der Waals surface area contributed by atoms with Gasteiger partial charge < -0.3 is 14.2 Å². The summed E-state index contributed by atoms with van der Waals surface area (Å²) in [7, 11) is 3.03. The molecule has 0 fully saturated rings. The zero-order valence-electron chi connectivity index (χ0n) is 16.3. The van der Waals surface area contributed by atoms with Gasteiger partial charge >= 0.3 is 0 Å². The van der Waals surface area contributed by atoms with Crippen LogP contribution in [0.3, 0.4) is 0 Å². The first-order valence-electron chi connectivity index (χ1n) is 8.60. The van der Waals surface area contributed by atoms with Crippen LogP contribution in [0.15, 0.2) is 36.0 Å². The van der Waals surface area contributed by atoms with Crippen LogP contribution >= 0.6 is 0 Å². The molecule has 146 valence electrons. The Morgan fingerprint density at radius 3 is 2.48 bits per heavy atom. The van der Waals surface area contributed by atoms with Gasteiger partial charge in [-0.05, 0) is 30.3 Å². The van der Waals surface area contributed by atoms with Crippen molar-refractivity contribution in [2.24, 2.45) is 10.6 Å². The smallest absolute Gasteiger partial charge is 0.135 e. The van der Waals surface area contributed by atoms with Crippen molar-refractivity contribution in [3.63, 3.8) is 0 Å². The molecule has 0 aromatic heterocycles. The second kappa shape index (κ2) is 8.37. The van der Waals surface area contributed by atoms with E-state index in [1.54, 1.807) is 12.1 Å². The molecule has 1 atom stereocenters. The van der Waals surface area contributed by atoms with Gasteiger partial charge in [0.15, 0.2) is 0 Å². The van der Waals surface area contributed by atoms with Crippen molar-refractivity contribution in [1.82, 2.24) is 0 Å². The van der Waals surface area contributed by atoms with Crippen molar-refractivity contribution in [2.45, 2.75) is 26.9 Å². The first-order valence-corrected chi connectivity index (χ1v) is 8.60. The number of hydrogen-bond donors (Lipinski definition) is 2. The molecule has 2 rings (SSSR count). The van der Waals surface area contributed by atoms with Crippen molar-refractivity contribution in [3.8, 4) is 11.5 Å². The molecule has 2 aromatic carbocycles. The lowest BCUT2D eigenvalue weighted by molar-refractivity contribution is -0.00161. The van der Waals surface area contributed by atoms with E-state index >= 15 is 0 Å². The molecular formula is C20H26N2O5. The van der Waals surface area contributed by atoms with Crippen LogP contribution in [0.2, 0.25) is 0 Å². The molecule has 2 N–H and O–H groups in total. The van der Waals surface area contributed by atoms with E-state index in [9.17, 15) is 10.1 Å². The summed E-state index contributed by atoms with van der Waals surface area (Å²) in [5.74, 6) is 0.887. The van der Waals surface area contributed by atoms with Gasteiger partial charge in [0.25, 0.3) is 0 Å². The third-order valence-electron chi connectivity index (χ3n) is 4.67. The highest BCUT2D eigenvalue weighted by atomic mass is 16.5. The molecule has 0 spiro atoms. The summed E-state index contributed by atoms with van der Waals surface area (Å²) >= 11 is 0. The Bertz CT molecular complexity index is 848. The van der Waals surface area contributed by atoms with Gasteiger partial charge in [-0.15, -0.1) is 11.5 Å². The maximum atomic E-state index is 11.5. The average Bonchev–Trinajstić information content (AvgIpc) is 2.69. The molecule has 0 aliphatic heterocycles. The largest absolute Gasteiger partial charge is 0.496 e. The summed E-state index contributed by atoms with van der Waals surface area (Å²) in [4.78, 5) is 11.5. The van der Waals surface area contributed by atoms with Crippen molar-refractivity contribution >= 4 is 22.1 Å². The van der Waals surface area contributed by atoms with Crippen molar-refractivity contribution < 1.29 is 19.4 Å². The number of rotatable bonds is 9. The third-order valence-corrected chi connectivity index (χ3v) is 4.67. The summed E-state index contributed by atoms with van der Waals surface area (Å²) in [5.41, 5.74) is 2.96. The van der Waals surface area contributed by atoms with Gasteiger partial charge in [0.05, 0.1) is 36.8 Å². The molecule has 7 heteroatoms. The summed E-state index contributed by atoms with van der Waals surface area (Å²) in [6, 6.07) is 4.85. The number of methoxy groups -OCH3 is 2. The Balaban J connectivity index is 3.01. The van der Waals surface area contributed by atoms with Gasteiger partial charge in [-0.1, -0.05) is 19.9 Å². The first kappa shape index (κ1) is 20.7. The van der Waals surface area contributed by atoms with E-state index in [-0.39, 0.29) is 5.69 Å². The van der Waals surface area contributed by atoms with Crippen LogP contribution in [0, 0.1) is 10.3 Å². The second-order valence-electron chi connectivity index (χ2n) is 6.65. The molecule has 0 radical (unpaired) electrons. The van der Waals surface area contributed by atoms with Gasteiger partial charge in [0.2, 0.25) is 0 Å². The minimum Gasteiger partial charge on any atom is -0.496 e. The molecule has 7 nitrogen and oxygen atoms in total. The van der Waals surface area contributed by atoms with Crippen LogP contribution in [0.1, 0.15) is 32.4 Å². The highest BCUT2D eigenvalue weighted by Gasteiger charge is 2.33. The maximum Gasteiger partial charge on any atom is 0.135 e. The molecule has 1 unspecified atom stereocenters. The van der Waals surface area contributed by atoms with Gasteiger partial charge in [-0.3, -0.25) is 10.7 Å². The fourth-order valence-corrected chi connectivity index (χ4v) is 3.22. The van der Waals surface area contributed by atoms with Crippen LogP contribution < -0.4 is 15.0 Å². The lowest BCUT2D eigenvalue weighted by atomic mass is 9.81. The number of hydrogen-bond acceptors (Lipinski definition) is 7. The molecule has 0 heterocycles. The van der Waals surface area contributed by atoms with Gasteiger partial charge in [-0.25, -0.2) is 0 Å². The van der Waals surface area contributed by atoms with E-state index in [1.165, 1.54) is 20.3 Å². The van der Waals surface area contributed by atoms with Crippen molar-refractivity contribution in [3.05, 3.63) is 41.3 Å². The Kier molecular flexibility index (Phi) is 6.41. The molecule has 2 aromatic rings. The predicted octanol–water partition coefficient (Wildman–Crippen LogP) is 5.35. The third kappa shape index (κ3) is 3.61. The minimum atomic E-state index is -0.427. The number of nitrogens with one attached hydrogen (secondary N) is 1. The number of anilines is 1. The van der Waals surface area contributed by atoms with E-state index in [1.807, 2.05) is 26.8 Å². The summed E-state index contributed by atoms with van der Waals surface area (Å²) in [6.45, 7) is 10.3. The number of nitrogens with zero attached hydrogens (tertiary/aromatic N) is 1. The Morgan fingerprint density at radius 1 is 1.30 bits per heavy atom. The Morgan fingerprint density at radius 2 is 2.00 bits per heavy atom. The molecular weight excluding hydrogens is 348 g/mol. The Hall–Kier alpha value is -2.64. The molecule has 0 amide bonds. The van der Waals surface area contributed by atoms with E-state index in [0.29, 0.717) is 40.1 Å². The maximum absolute atomic E-state index is 11.5. The zero-order chi connectivity index (χ0) is 20.2. The molecule has 0 aliphatic carbocycles. The minimum absolute atomic E-state index is 0.174. The van der Waals surface area contributed by atoms with Gasteiger partial charge in [0.1, 0.15) is 17.2 Å². The van der Waals surface area contributed by atoms with E-state index in [0.717, 1.165) is 0 Å². The molecule has 0 bridgehead atoms. The van der Waals surface area contributed by atoms with Crippen LogP contribution in [0.5, 0.6) is 11.5 Å². The molecule has 0 saturated carbocycles. The van der Waals surface area contributed by atoms with E-state index < -0.39 is 11.5 Å².